The number of carbonyl (C=O) groups excluding carboxylic acids is 1. The van der Waals surface area contributed by atoms with Crippen LogP contribution in [-0.4, -0.2) is 19.7 Å². The summed E-state index contributed by atoms with van der Waals surface area (Å²) in [6.07, 6.45) is 0. The van der Waals surface area contributed by atoms with Crippen molar-refractivity contribution in [3.05, 3.63) is 87.6 Å². The molecule has 3 rings (SSSR count). The van der Waals surface area contributed by atoms with Gasteiger partial charge in [-0.25, -0.2) is 9.18 Å². The highest BCUT2D eigenvalue weighted by molar-refractivity contribution is 9.10. The number of carbonyl (C=O) groups is 1. The van der Waals surface area contributed by atoms with E-state index >= 15 is 0 Å². The summed E-state index contributed by atoms with van der Waals surface area (Å²) >= 11 is 3.58. The minimum absolute atomic E-state index is 0.272. The topological polar surface area (TPSA) is 56.8 Å². The predicted octanol–water partition coefficient (Wildman–Crippen LogP) is 5.96. The van der Waals surface area contributed by atoms with E-state index in [9.17, 15) is 9.18 Å². The van der Waals surface area contributed by atoms with Crippen LogP contribution in [0.3, 0.4) is 0 Å². The summed E-state index contributed by atoms with van der Waals surface area (Å²) in [5.74, 6) is 0.556. The normalized spacial score (nSPS) is 10.5. The van der Waals surface area contributed by atoms with Gasteiger partial charge in [-0.15, -0.1) is 0 Å². The number of nitrogens with one attached hydrogen (secondary N) is 1. The van der Waals surface area contributed by atoms with E-state index in [4.69, 9.17) is 14.2 Å². The molecule has 0 aliphatic heterocycles. The zero-order valence-electron chi connectivity index (χ0n) is 17.3. The molecule has 5 nitrogen and oxygen atoms in total. The van der Waals surface area contributed by atoms with Crippen molar-refractivity contribution in [1.29, 1.82) is 0 Å². The summed E-state index contributed by atoms with van der Waals surface area (Å²) in [7, 11) is 1.58. The third-order valence-electron chi connectivity index (χ3n) is 4.55. The van der Waals surface area contributed by atoms with E-state index in [1.54, 1.807) is 38.3 Å². The van der Waals surface area contributed by atoms with Crippen molar-refractivity contribution in [1.82, 2.24) is 0 Å². The number of ether oxygens (including phenoxy) is 3. The number of hydrogen-bond donors (Lipinski definition) is 1. The molecule has 0 aliphatic carbocycles. The maximum atomic E-state index is 13.2. The molecule has 0 aromatic heterocycles. The van der Waals surface area contributed by atoms with E-state index in [2.05, 4.69) is 21.2 Å². The average Bonchev–Trinajstić information content (AvgIpc) is 2.78. The summed E-state index contributed by atoms with van der Waals surface area (Å²) in [5.41, 5.74) is 3.05. The Morgan fingerprint density at radius 3 is 2.39 bits per heavy atom. The molecule has 0 unspecified atom stereocenters. The zero-order chi connectivity index (χ0) is 22.2. The molecule has 7 heteroatoms. The smallest absolute Gasteiger partial charge is 0.338 e. The van der Waals surface area contributed by atoms with Crippen LogP contribution in [0.1, 0.15) is 28.4 Å². The Balaban J connectivity index is 1.75. The van der Waals surface area contributed by atoms with Crippen LogP contribution in [0, 0.1) is 5.82 Å². The van der Waals surface area contributed by atoms with Crippen molar-refractivity contribution in [2.45, 2.75) is 20.1 Å². The van der Waals surface area contributed by atoms with Gasteiger partial charge in [0.2, 0.25) is 0 Å². The standard InChI is InChI=1S/C24H23BrFNO4/c1-3-30-24(28)17-6-10-19(11-7-17)27-14-20-21(25)12-13-22(29-2)23(20)31-15-16-4-8-18(26)9-5-16/h4-13,27H,3,14-15H2,1-2H3. The number of anilines is 1. The Morgan fingerprint density at radius 1 is 1.03 bits per heavy atom. The highest BCUT2D eigenvalue weighted by Gasteiger charge is 2.15. The molecule has 0 radical (unpaired) electrons. The third kappa shape index (κ3) is 5.98. The number of benzene rings is 3. The van der Waals surface area contributed by atoms with Gasteiger partial charge in [0.05, 0.1) is 19.3 Å². The van der Waals surface area contributed by atoms with E-state index in [-0.39, 0.29) is 18.4 Å². The number of esters is 1. The SMILES string of the molecule is CCOC(=O)c1ccc(NCc2c(Br)ccc(OC)c2OCc2ccc(F)cc2)cc1. The first-order chi connectivity index (χ1) is 15.0. The summed E-state index contributed by atoms with van der Waals surface area (Å²) in [6, 6.07) is 17.0. The third-order valence-corrected chi connectivity index (χ3v) is 5.29. The largest absolute Gasteiger partial charge is 0.493 e. The lowest BCUT2D eigenvalue weighted by Crippen LogP contribution is -2.07. The van der Waals surface area contributed by atoms with E-state index in [0.717, 1.165) is 21.3 Å². The van der Waals surface area contributed by atoms with Crippen molar-refractivity contribution in [2.24, 2.45) is 0 Å². The van der Waals surface area contributed by atoms with Gasteiger partial charge in [-0.1, -0.05) is 28.1 Å². The summed E-state index contributed by atoms with van der Waals surface area (Å²) < 4.78 is 30.6. The fourth-order valence-electron chi connectivity index (χ4n) is 2.93. The van der Waals surface area contributed by atoms with Crippen LogP contribution < -0.4 is 14.8 Å². The second kappa shape index (κ2) is 10.8. The van der Waals surface area contributed by atoms with E-state index in [0.29, 0.717) is 30.2 Å². The van der Waals surface area contributed by atoms with E-state index in [1.807, 2.05) is 24.3 Å². The van der Waals surface area contributed by atoms with Crippen LogP contribution in [0.5, 0.6) is 11.5 Å². The molecule has 0 atom stereocenters. The lowest BCUT2D eigenvalue weighted by atomic mass is 10.1. The zero-order valence-corrected chi connectivity index (χ0v) is 18.9. The van der Waals surface area contributed by atoms with Crippen molar-refractivity contribution >= 4 is 27.6 Å². The van der Waals surface area contributed by atoms with Crippen LogP contribution in [-0.2, 0) is 17.9 Å². The number of hydrogen-bond acceptors (Lipinski definition) is 5. The second-order valence-corrected chi connectivity index (χ2v) is 7.48. The van der Waals surface area contributed by atoms with Gasteiger partial charge in [0.1, 0.15) is 12.4 Å². The molecule has 0 bridgehead atoms. The number of methoxy groups -OCH3 is 1. The van der Waals surface area contributed by atoms with Crippen LogP contribution in [0.15, 0.2) is 65.1 Å². The van der Waals surface area contributed by atoms with Crippen LogP contribution in [0.2, 0.25) is 0 Å². The molecule has 0 saturated carbocycles. The predicted molar refractivity (Wildman–Crippen MR) is 121 cm³/mol. The Kier molecular flexibility index (Phi) is 7.89. The second-order valence-electron chi connectivity index (χ2n) is 6.62. The molecule has 0 fully saturated rings. The van der Waals surface area contributed by atoms with E-state index < -0.39 is 0 Å². The number of halogens is 2. The molecule has 0 spiro atoms. The van der Waals surface area contributed by atoms with Crippen LogP contribution >= 0.6 is 15.9 Å². The first-order valence-corrected chi connectivity index (χ1v) is 10.5. The number of rotatable bonds is 9. The van der Waals surface area contributed by atoms with Gasteiger partial charge in [0.15, 0.2) is 11.5 Å². The van der Waals surface area contributed by atoms with Crippen molar-refractivity contribution < 1.29 is 23.4 Å². The van der Waals surface area contributed by atoms with Crippen molar-refractivity contribution in [2.75, 3.05) is 19.0 Å². The monoisotopic (exact) mass is 487 g/mol. The molecular formula is C24H23BrFNO4. The maximum Gasteiger partial charge on any atom is 0.338 e. The van der Waals surface area contributed by atoms with Gasteiger partial charge < -0.3 is 19.5 Å². The molecule has 3 aromatic rings. The Bertz CT molecular complexity index is 1020. The molecule has 31 heavy (non-hydrogen) atoms. The Labute approximate surface area is 189 Å². The Morgan fingerprint density at radius 2 is 1.74 bits per heavy atom. The summed E-state index contributed by atoms with van der Waals surface area (Å²) in [6.45, 7) is 2.84. The first kappa shape index (κ1) is 22.6. The molecule has 0 amide bonds. The van der Waals surface area contributed by atoms with Gasteiger partial charge in [-0.3, -0.25) is 0 Å². The lowest BCUT2D eigenvalue weighted by molar-refractivity contribution is 0.0526. The minimum Gasteiger partial charge on any atom is -0.493 e. The summed E-state index contributed by atoms with van der Waals surface area (Å²) in [4.78, 5) is 11.8. The average molecular weight is 488 g/mol. The fraction of sp³-hybridized carbons (Fsp3) is 0.208. The molecular weight excluding hydrogens is 465 g/mol. The lowest BCUT2D eigenvalue weighted by Gasteiger charge is -2.18. The van der Waals surface area contributed by atoms with Crippen LogP contribution in [0.4, 0.5) is 10.1 Å². The molecule has 0 saturated heterocycles. The van der Waals surface area contributed by atoms with Gasteiger partial charge >= 0.3 is 5.97 Å². The van der Waals surface area contributed by atoms with Gasteiger partial charge in [0.25, 0.3) is 0 Å². The van der Waals surface area contributed by atoms with Crippen molar-refractivity contribution in [3.63, 3.8) is 0 Å². The highest BCUT2D eigenvalue weighted by Crippen LogP contribution is 2.37. The van der Waals surface area contributed by atoms with Gasteiger partial charge in [-0.2, -0.15) is 0 Å². The van der Waals surface area contributed by atoms with E-state index in [1.165, 1.54) is 12.1 Å². The summed E-state index contributed by atoms with van der Waals surface area (Å²) in [5, 5.41) is 3.33. The molecule has 0 aliphatic rings. The fourth-order valence-corrected chi connectivity index (χ4v) is 3.38. The maximum absolute atomic E-state index is 13.2. The van der Waals surface area contributed by atoms with Gasteiger partial charge in [0, 0.05) is 22.3 Å². The highest BCUT2D eigenvalue weighted by atomic mass is 79.9. The van der Waals surface area contributed by atoms with Crippen molar-refractivity contribution in [3.8, 4) is 11.5 Å². The first-order valence-electron chi connectivity index (χ1n) is 9.75. The Hall–Kier alpha value is -3.06. The van der Waals surface area contributed by atoms with Crippen LogP contribution in [0.25, 0.3) is 0 Å². The van der Waals surface area contributed by atoms with Gasteiger partial charge in [-0.05, 0) is 61.0 Å². The molecule has 3 aromatic carbocycles. The molecule has 162 valence electrons. The minimum atomic E-state index is -0.346. The quantitative estimate of drug-likeness (QED) is 0.377. The molecule has 1 N–H and O–H groups in total. The molecule has 0 heterocycles.